The highest BCUT2D eigenvalue weighted by Crippen LogP contribution is 2.24. The Hall–Kier alpha value is -1.44. The van der Waals surface area contributed by atoms with Crippen molar-refractivity contribution in [1.29, 1.82) is 0 Å². The molecule has 1 amide bonds. The van der Waals surface area contributed by atoms with E-state index in [1.54, 1.807) is 12.1 Å². The van der Waals surface area contributed by atoms with Gasteiger partial charge in [-0.2, -0.15) is 4.31 Å². The molecule has 0 unspecified atom stereocenters. The first-order chi connectivity index (χ1) is 12.5. The summed E-state index contributed by atoms with van der Waals surface area (Å²) in [6.45, 7) is 8.46. The Balaban J connectivity index is 1.89. The summed E-state index contributed by atoms with van der Waals surface area (Å²) in [6.07, 6.45) is 1.12. The zero-order valence-corrected chi connectivity index (χ0v) is 18.0. The van der Waals surface area contributed by atoms with E-state index in [0.29, 0.717) is 37.4 Å². The molecule has 0 saturated carbocycles. The third-order valence-electron chi connectivity index (χ3n) is 4.97. The Bertz CT molecular complexity index is 734. The van der Waals surface area contributed by atoms with Gasteiger partial charge in [-0.05, 0) is 51.4 Å². The van der Waals surface area contributed by atoms with Crippen LogP contribution in [0.1, 0.15) is 32.3 Å². The van der Waals surface area contributed by atoms with Crippen LogP contribution in [0.2, 0.25) is 0 Å². The lowest BCUT2D eigenvalue weighted by Crippen LogP contribution is -2.45. The van der Waals surface area contributed by atoms with Gasteiger partial charge >= 0.3 is 0 Å². The molecular formula is C20H33N3O3S. The Morgan fingerprint density at radius 2 is 1.74 bits per heavy atom. The van der Waals surface area contributed by atoms with Gasteiger partial charge in [0.15, 0.2) is 0 Å². The van der Waals surface area contributed by atoms with Crippen LogP contribution in [0.15, 0.2) is 29.2 Å². The van der Waals surface area contributed by atoms with Crippen molar-refractivity contribution < 1.29 is 13.2 Å². The standard InChI is InChI=1S/C20H33N3O3S/c1-16-6-8-18(9-7-16)27(25,26)23-12-10-17(11-13-23)19(24)21-14-20(2,3)15-22(4)5/h6-9,17H,10-15H2,1-5H3,(H,21,24). The molecular weight excluding hydrogens is 362 g/mol. The third-order valence-corrected chi connectivity index (χ3v) is 6.88. The molecule has 0 atom stereocenters. The first-order valence-electron chi connectivity index (χ1n) is 9.50. The molecule has 1 aliphatic heterocycles. The largest absolute Gasteiger partial charge is 0.355 e. The first-order valence-corrected chi connectivity index (χ1v) is 10.9. The van der Waals surface area contributed by atoms with Crippen LogP contribution in [0.25, 0.3) is 0 Å². The molecule has 27 heavy (non-hydrogen) atoms. The number of amides is 1. The smallest absolute Gasteiger partial charge is 0.243 e. The van der Waals surface area contributed by atoms with E-state index in [-0.39, 0.29) is 17.2 Å². The van der Waals surface area contributed by atoms with Crippen molar-refractivity contribution in [1.82, 2.24) is 14.5 Å². The van der Waals surface area contributed by atoms with Gasteiger partial charge in [0.05, 0.1) is 4.90 Å². The number of hydrogen-bond acceptors (Lipinski definition) is 4. The lowest BCUT2D eigenvalue weighted by atomic mass is 9.91. The maximum absolute atomic E-state index is 12.8. The van der Waals surface area contributed by atoms with Gasteiger partial charge in [-0.15, -0.1) is 0 Å². The molecule has 152 valence electrons. The van der Waals surface area contributed by atoms with Gasteiger partial charge in [0.2, 0.25) is 15.9 Å². The molecule has 1 aromatic rings. The minimum atomic E-state index is -3.48. The summed E-state index contributed by atoms with van der Waals surface area (Å²) < 4.78 is 27.0. The fraction of sp³-hybridized carbons (Fsp3) is 0.650. The minimum Gasteiger partial charge on any atom is -0.355 e. The van der Waals surface area contributed by atoms with Crippen LogP contribution in [0.3, 0.4) is 0 Å². The van der Waals surface area contributed by atoms with E-state index >= 15 is 0 Å². The van der Waals surface area contributed by atoms with Crippen LogP contribution in [0.5, 0.6) is 0 Å². The second kappa shape index (κ2) is 8.71. The molecule has 1 aromatic carbocycles. The number of rotatable bonds is 7. The maximum Gasteiger partial charge on any atom is 0.243 e. The average Bonchev–Trinajstić information content (AvgIpc) is 2.59. The molecule has 2 rings (SSSR count). The lowest BCUT2D eigenvalue weighted by Gasteiger charge is -2.32. The van der Waals surface area contributed by atoms with Crippen LogP contribution >= 0.6 is 0 Å². The second-order valence-electron chi connectivity index (χ2n) is 8.61. The van der Waals surface area contributed by atoms with Crippen molar-refractivity contribution in [2.75, 3.05) is 40.3 Å². The van der Waals surface area contributed by atoms with Crippen molar-refractivity contribution in [2.45, 2.75) is 38.5 Å². The van der Waals surface area contributed by atoms with Gasteiger partial charge in [0.1, 0.15) is 0 Å². The van der Waals surface area contributed by atoms with E-state index in [4.69, 9.17) is 0 Å². The fourth-order valence-electron chi connectivity index (χ4n) is 3.60. The van der Waals surface area contributed by atoms with Gasteiger partial charge in [-0.3, -0.25) is 4.79 Å². The van der Waals surface area contributed by atoms with Crippen molar-refractivity contribution in [3.05, 3.63) is 29.8 Å². The van der Waals surface area contributed by atoms with Gasteiger partial charge < -0.3 is 10.2 Å². The Morgan fingerprint density at radius 3 is 2.26 bits per heavy atom. The summed E-state index contributed by atoms with van der Waals surface area (Å²) in [5.41, 5.74) is 1.02. The van der Waals surface area contributed by atoms with Crippen molar-refractivity contribution in [3.8, 4) is 0 Å². The molecule has 0 aliphatic carbocycles. The summed E-state index contributed by atoms with van der Waals surface area (Å²) in [4.78, 5) is 14.9. The lowest BCUT2D eigenvalue weighted by molar-refractivity contribution is -0.126. The molecule has 1 saturated heterocycles. The summed E-state index contributed by atoms with van der Waals surface area (Å²) in [6, 6.07) is 6.91. The van der Waals surface area contributed by atoms with Crippen LogP contribution in [0, 0.1) is 18.3 Å². The highest BCUT2D eigenvalue weighted by molar-refractivity contribution is 7.89. The van der Waals surface area contributed by atoms with E-state index in [1.165, 1.54) is 4.31 Å². The van der Waals surface area contributed by atoms with Crippen LogP contribution in [-0.4, -0.2) is 63.8 Å². The molecule has 1 heterocycles. The zero-order chi connectivity index (χ0) is 20.2. The van der Waals surface area contributed by atoms with Crippen LogP contribution in [0.4, 0.5) is 0 Å². The normalized spacial score (nSPS) is 17.3. The van der Waals surface area contributed by atoms with Gasteiger partial charge in [-0.25, -0.2) is 8.42 Å². The predicted octanol–water partition coefficient (Wildman–Crippen LogP) is 2.10. The van der Waals surface area contributed by atoms with Crippen molar-refractivity contribution in [2.24, 2.45) is 11.3 Å². The molecule has 6 nitrogen and oxygen atoms in total. The van der Waals surface area contributed by atoms with Gasteiger partial charge in [0.25, 0.3) is 0 Å². The number of nitrogens with one attached hydrogen (secondary N) is 1. The van der Waals surface area contributed by atoms with Gasteiger partial charge in [0, 0.05) is 32.1 Å². The highest BCUT2D eigenvalue weighted by atomic mass is 32.2. The number of sulfonamides is 1. The summed E-state index contributed by atoms with van der Waals surface area (Å²) in [7, 11) is 0.562. The maximum atomic E-state index is 12.8. The van der Waals surface area contributed by atoms with E-state index in [1.807, 2.05) is 33.2 Å². The van der Waals surface area contributed by atoms with E-state index < -0.39 is 10.0 Å². The SMILES string of the molecule is Cc1ccc(S(=O)(=O)N2CCC(C(=O)NCC(C)(C)CN(C)C)CC2)cc1. The van der Waals surface area contributed by atoms with Crippen LogP contribution < -0.4 is 5.32 Å². The monoisotopic (exact) mass is 395 g/mol. The Morgan fingerprint density at radius 1 is 1.19 bits per heavy atom. The fourth-order valence-corrected chi connectivity index (χ4v) is 5.07. The zero-order valence-electron chi connectivity index (χ0n) is 17.2. The second-order valence-corrected chi connectivity index (χ2v) is 10.5. The van der Waals surface area contributed by atoms with Crippen molar-refractivity contribution >= 4 is 15.9 Å². The summed E-state index contributed by atoms with van der Waals surface area (Å²) in [5, 5.41) is 3.06. The molecule has 7 heteroatoms. The topological polar surface area (TPSA) is 69.7 Å². The Labute approximate surface area is 164 Å². The molecule has 1 N–H and O–H groups in total. The number of hydrogen-bond donors (Lipinski definition) is 1. The Kier molecular flexibility index (Phi) is 7.05. The van der Waals surface area contributed by atoms with E-state index in [2.05, 4.69) is 24.1 Å². The average molecular weight is 396 g/mol. The number of piperidine rings is 1. The first kappa shape index (κ1) is 21.9. The molecule has 1 fully saturated rings. The molecule has 0 aromatic heterocycles. The van der Waals surface area contributed by atoms with E-state index in [0.717, 1.165) is 12.1 Å². The number of aryl methyl sites for hydroxylation is 1. The third kappa shape index (κ3) is 6.02. The molecule has 0 bridgehead atoms. The molecule has 0 radical (unpaired) electrons. The molecule has 1 aliphatic rings. The van der Waals surface area contributed by atoms with E-state index in [9.17, 15) is 13.2 Å². The number of nitrogens with zero attached hydrogens (tertiary/aromatic N) is 2. The number of carbonyl (C=O) groups is 1. The van der Waals surface area contributed by atoms with Crippen molar-refractivity contribution in [3.63, 3.8) is 0 Å². The highest BCUT2D eigenvalue weighted by Gasteiger charge is 2.32. The predicted molar refractivity (Wildman–Crippen MR) is 108 cm³/mol. The van der Waals surface area contributed by atoms with Crippen LogP contribution in [-0.2, 0) is 14.8 Å². The molecule has 0 spiro atoms. The summed E-state index contributed by atoms with van der Waals surface area (Å²) >= 11 is 0. The quantitative estimate of drug-likeness (QED) is 0.768. The number of benzene rings is 1. The number of carbonyl (C=O) groups excluding carboxylic acids is 1. The minimum absolute atomic E-state index is 0.00532. The van der Waals surface area contributed by atoms with Gasteiger partial charge in [-0.1, -0.05) is 31.5 Å². The summed E-state index contributed by atoms with van der Waals surface area (Å²) in [5.74, 6) is -0.0844.